The van der Waals surface area contributed by atoms with E-state index in [0.717, 1.165) is 24.3 Å². The molecule has 0 aliphatic carbocycles. The Balaban J connectivity index is 3.50. The molecule has 0 radical (unpaired) electrons. The van der Waals surface area contributed by atoms with Crippen LogP contribution < -0.4 is 5.73 Å². The lowest BCUT2D eigenvalue weighted by molar-refractivity contribution is 0.339. The molecule has 0 amide bonds. The van der Waals surface area contributed by atoms with E-state index in [1.807, 2.05) is 0 Å². The second kappa shape index (κ2) is 8.28. The predicted octanol–water partition coefficient (Wildman–Crippen LogP) is 3.82. The van der Waals surface area contributed by atoms with Crippen LogP contribution in [0.1, 0.15) is 59.8 Å². The minimum Gasteiger partial charge on any atom is -0.330 e. The van der Waals surface area contributed by atoms with Gasteiger partial charge in [-0.3, -0.25) is 0 Å². The summed E-state index contributed by atoms with van der Waals surface area (Å²) in [4.78, 5) is 0. The molecule has 86 valence electrons. The van der Waals surface area contributed by atoms with Crippen LogP contribution in [0.25, 0.3) is 0 Å². The van der Waals surface area contributed by atoms with E-state index in [0.29, 0.717) is 0 Å². The summed E-state index contributed by atoms with van der Waals surface area (Å²) in [5.74, 6) is 2.40. The first-order chi connectivity index (χ1) is 6.61. The first kappa shape index (κ1) is 14.0. The first-order valence-electron chi connectivity index (χ1n) is 6.31. The van der Waals surface area contributed by atoms with E-state index in [1.165, 1.54) is 32.1 Å². The molecular weight excluding hydrogens is 170 g/mol. The average Bonchev–Trinajstić information content (AvgIpc) is 2.12. The molecule has 14 heavy (non-hydrogen) atoms. The van der Waals surface area contributed by atoms with Gasteiger partial charge in [0.05, 0.1) is 0 Å². The van der Waals surface area contributed by atoms with Gasteiger partial charge in [-0.2, -0.15) is 0 Å². The third kappa shape index (κ3) is 6.42. The third-order valence-corrected chi connectivity index (χ3v) is 3.30. The van der Waals surface area contributed by atoms with Crippen molar-refractivity contribution in [2.75, 3.05) is 6.54 Å². The van der Waals surface area contributed by atoms with Crippen molar-refractivity contribution in [2.24, 2.45) is 23.5 Å². The fourth-order valence-electron chi connectivity index (χ4n) is 2.09. The van der Waals surface area contributed by atoms with Gasteiger partial charge in [0.15, 0.2) is 0 Å². The third-order valence-electron chi connectivity index (χ3n) is 3.30. The summed E-state index contributed by atoms with van der Waals surface area (Å²) < 4.78 is 0. The normalized spacial score (nSPS) is 15.9. The van der Waals surface area contributed by atoms with E-state index in [-0.39, 0.29) is 0 Å². The summed E-state index contributed by atoms with van der Waals surface area (Å²) in [6.45, 7) is 10.1. The molecule has 0 aromatic heterocycles. The molecule has 0 saturated heterocycles. The maximum absolute atomic E-state index is 5.75. The number of rotatable bonds is 8. The molecule has 0 rings (SSSR count). The van der Waals surface area contributed by atoms with Crippen LogP contribution in [-0.4, -0.2) is 6.54 Å². The Morgan fingerprint density at radius 2 is 1.64 bits per heavy atom. The van der Waals surface area contributed by atoms with Crippen LogP contribution in [0.5, 0.6) is 0 Å². The van der Waals surface area contributed by atoms with E-state index in [1.54, 1.807) is 0 Å². The smallest absolute Gasteiger partial charge is 0.00464 e. The summed E-state index contributed by atoms with van der Waals surface area (Å²) in [5, 5.41) is 0. The highest BCUT2D eigenvalue weighted by atomic mass is 14.5. The van der Waals surface area contributed by atoms with Crippen LogP contribution >= 0.6 is 0 Å². The molecule has 1 nitrogen and oxygen atoms in total. The average molecular weight is 199 g/mol. The zero-order valence-corrected chi connectivity index (χ0v) is 10.6. The van der Waals surface area contributed by atoms with Gasteiger partial charge in [-0.25, -0.2) is 0 Å². The van der Waals surface area contributed by atoms with Crippen molar-refractivity contribution in [3.63, 3.8) is 0 Å². The highest BCUT2D eigenvalue weighted by molar-refractivity contribution is 4.64. The highest BCUT2D eigenvalue weighted by Crippen LogP contribution is 2.20. The van der Waals surface area contributed by atoms with E-state index in [2.05, 4.69) is 27.7 Å². The molecule has 0 spiro atoms. The largest absolute Gasteiger partial charge is 0.330 e. The molecule has 0 heterocycles. The summed E-state index contributed by atoms with van der Waals surface area (Å²) in [6, 6.07) is 0. The Morgan fingerprint density at radius 1 is 1.00 bits per heavy atom. The zero-order valence-electron chi connectivity index (χ0n) is 10.6. The summed E-state index contributed by atoms with van der Waals surface area (Å²) in [6.07, 6.45) is 6.78. The topological polar surface area (TPSA) is 26.0 Å². The van der Waals surface area contributed by atoms with Crippen molar-refractivity contribution < 1.29 is 0 Å². The molecule has 0 aromatic carbocycles. The second-order valence-electron chi connectivity index (χ2n) is 5.06. The SMILES string of the molecule is CCCC(C)CCCC(CN)C(C)C. The molecule has 2 N–H and O–H groups in total. The van der Waals surface area contributed by atoms with Gasteiger partial charge in [0.2, 0.25) is 0 Å². The first-order valence-corrected chi connectivity index (χ1v) is 6.31. The summed E-state index contributed by atoms with van der Waals surface area (Å²) >= 11 is 0. The highest BCUT2D eigenvalue weighted by Gasteiger charge is 2.11. The molecule has 0 aliphatic heterocycles. The van der Waals surface area contributed by atoms with Crippen molar-refractivity contribution in [2.45, 2.75) is 59.8 Å². The lowest BCUT2D eigenvalue weighted by Crippen LogP contribution is -2.19. The summed E-state index contributed by atoms with van der Waals surface area (Å²) in [5.41, 5.74) is 5.75. The Kier molecular flexibility index (Phi) is 8.26. The van der Waals surface area contributed by atoms with Gasteiger partial charge in [-0.15, -0.1) is 0 Å². The number of nitrogens with two attached hydrogens (primary N) is 1. The van der Waals surface area contributed by atoms with Crippen LogP contribution in [0.15, 0.2) is 0 Å². The fourth-order valence-corrected chi connectivity index (χ4v) is 2.09. The molecule has 0 fully saturated rings. The molecule has 0 saturated carbocycles. The van der Waals surface area contributed by atoms with Gasteiger partial charge in [0.1, 0.15) is 0 Å². The molecule has 2 unspecified atom stereocenters. The molecule has 2 atom stereocenters. The standard InChI is InChI=1S/C13H29N/c1-5-7-12(4)8-6-9-13(10-14)11(2)3/h11-13H,5-10,14H2,1-4H3. The van der Waals surface area contributed by atoms with Crippen LogP contribution in [0.3, 0.4) is 0 Å². The Hall–Kier alpha value is -0.0400. The van der Waals surface area contributed by atoms with Gasteiger partial charge in [-0.1, -0.05) is 53.4 Å². The van der Waals surface area contributed by atoms with Crippen molar-refractivity contribution in [3.8, 4) is 0 Å². The fraction of sp³-hybridized carbons (Fsp3) is 1.00. The van der Waals surface area contributed by atoms with Crippen LogP contribution in [0.2, 0.25) is 0 Å². The zero-order chi connectivity index (χ0) is 11.0. The minimum atomic E-state index is 0.740. The quantitative estimate of drug-likeness (QED) is 0.632. The Bertz CT molecular complexity index is 120. The van der Waals surface area contributed by atoms with Crippen molar-refractivity contribution in [1.82, 2.24) is 0 Å². The van der Waals surface area contributed by atoms with Crippen molar-refractivity contribution >= 4 is 0 Å². The lowest BCUT2D eigenvalue weighted by atomic mass is 9.88. The van der Waals surface area contributed by atoms with Gasteiger partial charge < -0.3 is 5.73 Å². The van der Waals surface area contributed by atoms with E-state index in [9.17, 15) is 0 Å². The van der Waals surface area contributed by atoms with Gasteiger partial charge in [0.25, 0.3) is 0 Å². The van der Waals surface area contributed by atoms with E-state index < -0.39 is 0 Å². The van der Waals surface area contributed by atoms with Crippen molar-refractivity contribution in [3.05, 3.63) is 0 Å². The second-order valence-corrected chi connectivity index (χ2v) is 5.06. The molecule has 0 aliphatic rings. The Labute approximate surface area is 90.5 Å². The monoisotopic (exact) mass is 199 g/mol. The predicted molar refractivity (Wildman–Crippen MR) is 65.3 cm³/mol. The van der Waals surface area contributed by atoms with E-state index in [4.69, 9.17) is 5.73 Å². The van der Waals surface area contributed by atoms with Gasteiger partial charge >= 0.3 is 0 Å². The summed E-state index contributed by atoms with van der Waals surface area (Å²) in [7, 11) is 0. The maximum Gasteiger partial charge on any atom is -0.00464 e. The van der Waals surface area contributed by atoms with Crippen molar-refractivity contribution in [1.29, 1.82) is 0 Å². The molecule has 0 aromatic rings. The number of hydrogen-bond acceptors (Lipinski definition) is 1. The maximum atomic E-state index is 5.75. The van der Waals surface area contributed by atoms with Crippen LogP contribution in [0.4, 0.5) is 0 Å². The Morgan fingerprint density at radius 3 is 2.07 bits per heavy atom. The molecule has 1 heteroatoms. The molecule has 0 bridgehead atoms. The number of hydrogen-bond donors (Lipinski definition) is 1. The van der Waals surface area contributed by atoms with E-state index >= 15 is 0 Å². The van der Waals surface area contributed by atoms with Crippen LogP contribution in [-0.2, 0) is 0 Å². The molecular formula is C13H29N. The lowest BCUT2D eigenvalue weighted by Gasteiger charge is -2.19. The van der Waals surface area contributed by atoms with Crippen LogP contribution in [0, 0.1) is 17.8 Å². The van der Waals surface area contributed by atoms with Gasteiger partial charge in [-0.05, 0) is 30.7 Å². The minimum absolute atomic E-state index is 0.740. The van der Waals surface area contributed by atoms with Gasteiger partial charge in [0, 0.05) is 0 Å².